The van der Waals surface area contributed by atoms with E-state index in [1.165, 1.54) is 11.3 Å². The van der Waals surface area contributed by atoms with Gasteiger partial charge in [0.2, 0.25) is 5.82 Å². The van der Waals surface area contributed by atoms with Crippen molar-refractivity contribution < 1.29 is 9.63 Å². The molecule has 1 N–H and O–H groups in total. The molecule has 0 atom stereocenters. The van der Waals surface area contributed by atoms with Gasteiger partial charge in [0.05, 0.1) is 0 Å². The zero-order valence-corrected chi connectivity index (χ0v) is 11.4. The van der Waals surface area contributed by atoms with Crippen molar-refractivity contribution in [2.75, 3.05) is 0 Å². The molecule has 0 fully saturated rings. The molecular formula is C12H7BrN2O2S. The molecule has 90 valence electrons. The molecule has 1 aromatic carbocycles. The van der Waals surface area contributed by atoms with Crippen LogP contribution in [0, 0.1) is 0 Å². The third-order valence-corrected chi connectivity index (χ3v) is 3.73. The topological polar surface area (TPSA) is 59.2 Å². The lowest BCUT2D eigenvalue weighted by atomic mass is 10.2. The Labute approximate surface area is 115 Å². The van der Waals surface area contributed by atoms with Crippen LogP contribution in [0.2, 0.25) is 0 Å². The lowest BCUT2D eigenvalue weighted by Crippen LogP contribution is -1.80. The molecule has 6 heteroatoms. The van der Waals surface area contributed by atoms with Gasteiger partial charge in [-0.1, -0.05) is 33.2 Å². The Morgan fingerprint density at radius 1 is 1.28 bits per heavy atom. The maximum atomic E-state index is 9.60. The summed E-state index contributed by atoms with van der Waals surface area (Å²) in [4.78, 5) is 4.86. The minimum Gasteiger partial charge on any atom is -0.506 e. The van der Waals surface area contributed by atoms with E-state index >= 15 is 0 Å². The van der Waals surface area contributed by atoms with Gasteiger partial charge >= 0.3 is 0 Å². The number of hydrogen-bond acceptors (Lipinski definition) is 5. The molecule has 0 aliphatic rings. The maximum absolute atomic E-state index is 9.60. The fourth-order valence-corrected chi connectivity index (χ4v) is 2.63. The summed E-state index contributed by atoms with van der Waals surface area (Å²) < 4.78 is 6.11. The number of nitrogens with zero attached hydrogens (tertiary/aromatic N) is 2. The minimum absolute atomic E-state index is 0.157. The van der Waals surface area contributed by atoms with Gasteiger partial charge in [-0.15, -0.1) is 11.3 Å². The van der Waals surface area contributed by atoms with Gasteiger partial charge in [-0.2, -0.15) is 4.98 Å². The third kappa shape index (κ3) is 2.04. The second-order valence-corrected chi connectivity index (χ2v) is 5.40. The molecule has 0 aliphatic carbocycles. The third-order valence-electron chi connectivity index (χ3n) is 2.35. The van der Waals surface area contributed by atoms with Crippen LogP contribution in [0.15, 0.2) is 44.7 Å². The maximum Gasteiger partial charge on any atom is 0.272 e. The fourth-order valence-electron chi connectivity index (χ4n) is 1.52. The van der Waals surface area contributed by atoms with Crippen molar-refractivity contribution in [2.24, 2.45) is 0 Å². The first kappa shape index (κ1) is 11.4. The Balaban J connectivity index is 2.02. The molecule has 2 aromatic heterocycles. The highest BCUT2D eigenvalue weighted by atomic mass is 79.9. The van der Waals surface area contributed by atoms with Crippen LogP contribution in [-0.2, 0) is 0 Å². The summed E-state index contributed by atoms with van der Waals surface area (Å²) in [5, 5.41) is 15.3. The van der Waals surface area contributed by atoms with Crippen LogP contribution >= 0.6 is 27.3 Å². The number of aromatic nitrogens is 2. The highest BCUT2D eigenvalue weighted by molar-refractivity contribution is 9.10. The van der Waals surface area contributed by atoms with Gasteiger partial charge in [0.1, 0.15) is 10.6 Å². The standard InChI is InChI=1S/C12H7BrN2O2S/c13-8-3-1-2-7(6-8)11-14-12(17-15-11)10-9(16)4-5-18-10/h1-6,16H. The van der Waals surface area contributed by atoms with Crippen molar-refractivity contribution in [2.45, 2.75) is 0 Å². The van der Waals surface area contributed by atoms with E-state index < -0.39 is 0 Å². The molecule has 0 aliphatic heterocycles. The van der Waals surface area contributed by atoms with Gasteiger partial charge in [-0.25, -0.2) is 0 Å². The molecule has 2 heterocycles. The van der Waals surface area contributed by atoms with E-state index in [9.17, 15) is 5.11 Å². The van der Waals surface area contributed by atoms with Crippen LogP contribution in [-0.4, -0.2) is 15.2 Å². The summed E-state index contributed by atoms with van der Waals surface area (Å²) in [6.45, 7) is 0. The average Bonchev–Trinajstić information content (AvgIpc) is 2.97. The predicted octanol–water partition coefficient (Wildman–Crippen LogP) is 3.93. The first-order chi connectivity index (χ1) is 8.74. The summed E-state index contributed by atoms with van der Waals surface area (Å²) in [6, 6.07) is 9.23. The second kappa shape index (κ2) is 4.55. The van der Waals surface area contributed by atoms with Crippen molar-refractivity contribution in [3.8, 4) is 27.9 Å². The monoisotopic (exact) mass is 322 g/mol. The molecule has 0 amide bonds. The van der Waals surface area contributed by atoms with Crippen LogP contribution in [0.1, 0.15) is 0 Å². The number of hydrogen-bond donors (Lipinski definition) is 1. The average molecular weight is 323 g/mol. The quantitative estimate of drug-likeness (QED) is 0.776. The summed E-state index contributed by atoms with van der Waals surface area (Å²) in [5.74, 6) is 0.987. The van der Waals surface area contributed by atoms with Crippen LogP contribution in [0.3, 0.4) is 0 Å². The fraction of sp³-hybridized carbons (Fsp3) is 0. The van der Waals surface area contributed by atoms with Crippen LogP contribution in [0.5, 0.6) is 5.75 Å². The van der Waals surface area contributed by atoms with E-state index in [4.69, 9.17) is 4.52 Å². The van der Waals surface area contributed by atoms with Crippen molar-refractivity contribution in [3.05, 3.63) is 40.2 Å². The molecular weight excluding hydrogens is 316 g/mol. The molecule has 4 nitrogen and oxygen atoms in total. The van der Waals surface area contributed by atoms with Crippen molar-refractivity contribution in [1.82, 2.24) is 10.1 Å². The van der Waals surface area contributed by atoms with Crippen LogP contribution in [0.25, 0.3) is 22.2 Å². The van der Waals surface area contributed by atoms with Crippen LogP contribution < -0.4 is 0 Å². The summed E-state index contributed by atoms with van der Waals surface area (Å²) in [7, 11) is 0. The normalized spacial score (nSPS) is 10.7. The number of rotatable bonds is 2. The zero-order valence-electron chi connectivity index (χ0n) is 9.00. The van der Waals surface area contributed by atoms with E-state index in [0.29, 0.717) is 16.6 Å². The molecule has 0 spiro atoms. The molecule has 0 saturated carbocycles. The van der Waals surface area contributed by atoms with Gasteiger partial charge in [-0.05, 0) is 23.6 Å². The Morgan fingerprint density at radius 2 is 2.17 bits per heavy atom. The van der Waals surface area contributed by atoms with Gasteiger partial charge in [-0.3, -0.25) is 0 Å². The highest BCUT2D eigenvalue weighted by Crippen LogP contribution is 2.34. The Kier molecular flexibility index (Phi) is 2.89. The minimum atomic E-state index is 0.157. The summed E-state index contributed by atoms with van der Waals surface area (Å²) >= 11 is 4.75. The number of thiophene rings is 1. The van der Waals surface area contributed by atoms with Crippen molar-refractivity contribution in [3.63, 3.8) is 0 Å². The van der Waals surface area contributed by atoms with Gasteiger partial charge in [0.15, 0.2) is 0 Å². The first-order valence-electron chi connectivity index (χ1n) is 5.10. The van der Waals surface area contributed by atoms with Gasteiger partial charge in [0, 0.05) is 10.0 Å². The molecule has 0 saturated heterocycles. The Hall–Kier alpha value is -1.66. The Bertz CT molecular complexity index is 693. The number of benzene rings is 1. The summed E-state index contributed by atoms with van der Waals surface area (Å²) in [5.41, 5.74) is 0.857. The van der Waals surface area contributed by atoms with E-state index in [-0.39, 0.29) is 5.75 Å². The lowest BCUT2D eigenvalue weighted by molar-refractivity contribution is 0.427. The molecule has 0 radical (unpaired) electrons. The van der Waals surface area contributed by atoms with E-state index in [1.807, 2.05) is 24.3 Å². The first-order valence-corrected chi connectivity index (χ1v) is 6.78. The Morgan fingerprint density at radius 3 is 2.89 bits per heavy atom. The van der Waals surface area contributed by atoms with E-state index in [1.54, 1.807) is 11.4 Å². The van der Waals surface area contributed by atoms with E-state index in [0.717, 1.165) is 10.0 Å². The zero-order chi connectivity index (χ0) is 12.5. The molecule has 18 heavy (non-hydrogen) atoms. The van der Waals surface area contributed by atoms with Crippen molar-refractivity contribution >= 4 is 27.3 Å². The second-order valence-electron chi connectivity index (χ2n) is 3.57. The van der Waals surface area contributed by atoms with Crippen LogP contribution in [0.4, 0.5) is 0 Å². The van der Waals surface area contributed by atoms with E-state index in [2.05, 4.69) is 26.1 Å². The van der Waals surface area contributed by atoms with Gasteiger partial charge < -0.3 is 9.63 Å². The number of halogens is 1. The molecule has 0 bridgehead atoms. The predicted molar refractivity (Wildman–Crippen MR) is 72.4 cm³/mol. The highest BCUT2D eigenvalue weighted by Gasteiger charge is 2.15. The molecule has 0 unspecified atom stereocenters. The SMILES string of the molecule is Oc1ccsc1-c1nc(-c2cccc(Br)c2)no1. The van der Waals surface area contributed by atoms with Gasteiger partial charge in [0.25, 0.3) is 5.89 Å². The summed E-state index contributed by atoms with van der Waals surface area (Å²) in [6.07, 6.45) is 0. The lowest BCUT2D eigenvalue weighted by Gasteiger charge is -1.94. The molecule has 3 aromatic rings. The number of aromatic hydroxyl groups is 1. The largest absolute Gasteiger partial charge is 0.506 e. The van der Waals surface area contributed by atoms with Crippen molar-refractivity contribution in [1.29, 1.82) is 0 Å². The smallest absolute Gasteiger partial charge is 0.272 e. The molecule has 3 rings (SSSR count).